The molecule has 0 atom stereocenters. The molecule has 1 saturated carbocycles. The van der Waals surface area contributed by atoms with Gasteiger partial charge in [-0.05, 0) is 31.4 Å². The van der Waals surface area contributed by atoms with Crippen molar-refractivity contribution < 1.29 is 9.59 Å². The van der Waals surface area contributed by atoms with Crippen LogP contribution in [0.15, 0.2) is 12.3 Å². The molecule has 1 aromatic rings. The molecule has 3 rings (SSSR count). The molecule has 2 heterocycles. The molecule has 0 bridgehead atoms. The Morgan fingerprint density at radius 3 is 2.48 bits per heavy atom. The van der Waals surface area contributed by atoms with Crippen LogP contribution in [0, 0.1) is 12.3 Å². The normalized spacial score (nSPS) is 21.9. The number of nitrogens with zero attached hydrogens (tertiary/aromatic N) is 2. The Hall–Kier alpha value is -1.91. The van der Waals surface area contributed by atoms with Crippen molar-refractivity contribution in [3.63, 3.8) is 0 Å². The maximum Gasteiger partial charge on any atom is 0.241 e. The first-order chi connectivity index (χ1) is 10.0. The standard InChI is InChI=1S/C16H21N3O2/c1-11-8-13(18-10-12(11)17)19-14(20)9-16(15(19)21)6-4-2-3-5-7-16/h8,10H,2-7,9,17H2,1H3. The van der Waals surface area contributed by atoms with Crippen LogP contribution < -0.4 is 10.6 Å². The van der Waals surface area contributed by atoms with Crippen molar-refractivity contribution in [3.8, 4) is 0 Å². The molecule has 1 saturated heterocycles. The highest BCUT2D eigenvalue weighted by Crippen LogP contribution is 2.45. The van der Waals surface area contributed by atoms with E-state index in [2.05, 4.69) is 4.98 Å². The topological polar surface area (TPSA) is 76.3 Å². The fourth-order valence-corrected chi connectivity index (χ4v) is 3.50. The second-order valence-electron chi connectivity index (χ2n) is 6.30. The van der Waals surface area contributed by atoms with Crippen LogP contribution in [-0.4, -0.2) is 16.8 Å². The summed E-state index contributed by atoms with van der Waals surface area (Å²) in [6.07, 6.45) is 7.86. The number of aromatic nitrogens is 1. The van der Waals surface area contributed by atoms with Crippen LogP contribution >= 0.6 is 0 Å². The van der Waals surface area contributed by atoms with Gasteiger partial charge < -0.3 is 5.73 Å². The Morgan fingerprint density at radius 1 is 1.19 bits per heavy atom. The average Bonchev–Trinajstić information content (AvgIpc) is 2.61. The van der Waals surface area contributed by atoms with Crippen LogP contribution in [0.2, 0.25) is 0 Å². The van der Waals surface area contributed by atoms with E-state index in [1.54, 1.807) is 6.07 Å². The fourth-order valence-electron chi connectivity index (χ4n) is 3.50. The van der Waals surface area contributed by atoms with Crippen molar-refractivity contribution in [2.45, 2.75) is 51.9 Å². The van der Waals surface area contributed by atoms with E-state index in [4.69, 9.17) is 5.73 Å². The van der Waals surface area contributed by atoms with E-state index in [0.29, 0.717) is 17.9 Å². The SMILES string of the molecule is Cc1cc(N2C(=O)CC3(CCCCCC3)C2=O)ncc1N. The molecule has 0 unspecified atom stereocenters. The Balaban J connectivity index is 1.94. The van der Waals surface area contributed by atoms with E-state index < -0.39 is 5.41 Å². The van der Waals surface area contributed by atoms with Crippen molar-refractivity contribution >= 4 is 23.3 Å². The lowest BCUT2D eigenvalue weighted by molar-refractivity contribution is -0.126. The number of pyridine rings is 1. The van der Waals surface area contributed by atoms with E-state index in [1.807, 2.05) is 6.92 Å². The third-order valence-electron chi connectivity index (χ3n) is 4.82. The Bertz CT molecular complexity index is 589. The molecule has 1 aliphatic heterocycles. The van der Waals surface area contributed by atoms with Crippen molar-refractivity contribution in [1.82, 2.24) is 4.98 Å². The Labute approximate surface area is 124 Å². The molecule has 2 N–H and O–H groups in total. The summed E-state index contributed by atoms with van der Waals surface area (Å²) in [4.78, 5) is 30.7. The molecular formula is C16H21N3O2. The number of hydrogen-bond donors (Lipinski definition) is 1. The van der Waals surface area contributed by atoms with Gasteiger partial charge in [0.2, 0.25) is 11.8 Å². The number of nitrogen functional groups attached to an aromatic ring is 1. The van der Waals surface area contributed by atoms with Crippen LogP contribution in [0.3, 0.4) is 0 Å². The summed E-state index contributed by atoms with van der Waals surface area (Å²) in [6.45, 7) is 1.85. The second-order valence-corrected chi connectivity index (χ2v) is 6.30. The summed E-state index contributed by atoms with van der Waals surface area (Å²) in [5.41, 5.74) is 6.69. The highest BCUT2D eigenvalue weighted by Gasteiger charge is 2.51. The van der Waals surface area contributed by atoms with Gasteiger partial charge in [0, 0.05) is 6.42 Å². The van der Waals surface area contributed by atoms with Gasteiger partial charge in [0.15, 0.2) is 0 Å². The number of anilines is 2. The number of carbonyl (C=O) groups is 2. The molecule has 1 aliphatic carbocycles. The number of imide groups is 1. The zero-order chi connectivity index (χ0) is 15.0. The molecule has 1 aromatic heterocycles. The first kappa shape index (κ1) is 14.0. The van der Waals surface area contributed by atoms with Gasteiger partial charge in [-0.1, -0.05) is 25.7 Å². The number of carbonyl (C=O) groups excluding carboxylic acids is 2. The first-order valence-corrected chi connectivity index (χ1v) is 7.63. The average molecular weight is 287 g/mol. The van der Waals surface area contributed by atoms with Gasteiger partial charge in [-0.15, -0.1) is 0 Å². The first-order valence-electron chi connectivity index (χ1n) is 7.63. The molecule has 1 spiro atoms. The van der Waals surface area contributed by atoms with Gasteiger partial charge >= 0.3 is 0 Å². The summed E-state index contributed by atoms with van der Waals surface area (Å²) < 4.78 is 0. The monoisotopic (exact) mass is 287 g/mol. The van der Waals surface area contributed by atoms with Gasteiger partial charge in [-0.2, -0.15) is 0 Å². The van der Waals surface area contributed by atoms with Gasteiger partial charge in [-0.3, -0.25) is 9.59 Å². The quantitative estimate of drug-likeness (QED) is 0.805. The molecule has 2 fully saturated rings. The maximum absolute atomic E-state index is 12.9. The number of nitrogens with two attached hydrogens (primary N) is 1. The minimum Gasteiger partial charge on any atom is -0.397 e. The number of rotatable bonds is 1. The number of aryl methyl sites for hydroxylation is 1. The van der Waals surface area contributed by atoms with Crippen LogP contribution in [-0.2, 0) is 9.59 Å². The van der Waals surface area contributed by atoms with Gasteiger partial charge in [-0.25, -0.2) is 9.88 Å². The lowest BCUT2D eigenvalue weighted by atomic mass is 9.79. The van der Waals surface area contributed by atoms with Gasteiger partial charge in [0.1, 0.15) is 5.82 Å². The van der Waals surface area contributed by atoms with Crippen molar-refractivity contribution in [3.05, 3.63) is 17.8 Å². The molecule has 112 valence electrons. The molecule has 5 nitrogen and oxygen atoms in total. The largest absolute Gasteiger partial charge is 0.397 e. The van der Waals surface area contributed by atoms with Crippen molar-refractivity contribution in [2.75, 3.05) is 10.6 Å². The van der Waals surface area contributed by atoms with E-state index >= 15 is 0 Å². The zero-order valence-electron chi connectivity index (χ0n) is 12.4. The second kappa shape index (κ2) is 5.13. The summed E-state index contributed by atoms with van der Waals surface area (Å²) in [6, 6.07) is 1.72. The van der Waals surface area contributed by atoms with E-state index in [1.165, 1.54) is 11.1 Å². The number of amides is 2. The van der Waals surface area contributed by atoms with Gasteiger partial charge in [0.25, 0.3) is 0 Å². The fraction of sp³-hybridized carbons (Fsp3) is 0.562. The van der Waals surface area contributed by atoms with Crippen LogP contribution in [0.4, 0.5) is 11.5 Å². The van der Waals surface area contributed by atoms with Crippen LogP contribution in [0.1, 0.15) is 50.5 Å². The zero-order valence-corrected chi connectivity index (χ0v) is 12.4. The highest BCUT2D eigenvalue weighted by atomic mass is 16.2. The predicted octanol–water partition coefficient (Wildman–Crippen LogP) is 2.58. The summed E-state index contributed by atoms with van der Waals surface area (Å²) in [5.74, 6) is 0.225. The molecular weight excluding hydrogens is 266 g/mol. The van der Waals surface area contributed by atoms with Crippen LogP contribution in [0.5, 0.6) is 0 Å². The van der Waals surface area contributed by atoms with Gasteiger partial charge in [0.05, 0.1) is 17.3 Å². The third kappa shape index (κ3) is 2.30. The van der Waals surface area contributed by atoms with E-state index in [0.717, 1.165) is 44.1 Å². The molecule has 0 aromatic carbocycles. The lowest BCUT2D eigenvalue weighted by Gasteiger charge is -2.24. The lowest BCUT2D eigenvalue weighted by Crippen LogP contribution is -2.36. The third-order valence-corrected chi connectivity index (χ3v) is 4.82. The van der Waals surface area contributed by atoms with E-state index in [-0.39, 0.29) is 11.8 Å². The summed E-state index contributed by atoms with van der Waals surface area (Å²) in [5, 5.41) is 0. The molecule has 5 heteroatoms. The minimum absolute atomic E-state index is 0.0638. The molecule has 2 amide bonds. The molecule has 21 heavy (non-hydrogen) atoms. The summed E-state index contributed by atoms with van der Waals surface area (Å²) >= 11 is 0. The smallest absolute Gasteiger partial charge is 0.241 e. The van der Waals surface area contributed by atoms with E-state index in [9.17, 15) is 9.59 Å². The molecule has 0 radical (unpaired) electrons. The highest BCUT2D eigenvalue weighted by molar-refractivity contribution is 6.22. The Morgan fingerprint density at radius 2 is 1.86 bits per heavy atom. The Kier molecular flexibility index (Phi) is 3.43. The van der Waals surface area contributed by atoms with Crippen molar-refractivity contribution in [1.29, 1.82) is 0 Å². The van der Waals surface area contributed by atoms with Crippen molar-refractivity contribution in [2.24, 2.45) is 5.41 Å². The summed E-state index contributed by atoms with van der Waals surface area (Å²) in [7, 11) is 0. The predicted molar refractivity (Wildman–Crippen MR) is 80.6 cm³/mol. The van der Waals surface area contributed by atoms with Crippen LogP contribution in [0.25, 0.3) is 0 Å². The number of hydrogen-bond acceptors (Lipinski definition) is 4. The minimum atomic E-state index is -0.482. The maximum atomic E-state index is 12.9. The molecule has 2 aliphatic rings.